The van der Waals surface area contributed by atoms with E-state index in [0.29, 0.717) is 6.04 Å². The van der Waals surface area contributed by atoms with Crippen molar-refractivity contribution in [2.75, 3.05) is 6.61 Å². The third kappa shape index (κ3) is 2.74. The summed E-state index contributed by atoms with van der Waals surface area (Å²) in [6.07, 6.45) is 4.97. The fraction of sp³-hybridized carbons (Fsp3) is 0.769. The van der Waals surface area contributed by atoms with Crippen LogP contribution in [0, 0.1) is 0 Å². The standard InChI is InChI=1S/C13H24N4O/c1-10(2)17-7-5-11(16-17)9-12(15-14)13(3)6-4-8-18-13/h5,7,10,12,15H,4,6,8-9,14H2,1-3H3. The Morgan fingerprint density at radius 1 is 1.61 bits per heavy atom. The summed E-state index contributed by atoms with van der Waals surface area (Å²) in [7, 11) is 0. The zero-order valence-electron chi connectivity index (χ0n) is 11.5. The maximum Gasteiger partial charge on any atom is 0.0824 e. The lowest BCUT2D eigenvalue weighted by Gasteiger charge is -2.32. The average Bonchev–Trinajstić information content (AvgIpc) is 2.95. The van der Waals surface area contributed by atoms with Crippen molar-refractivity contribution < 1.29 is 4.74 Å². The van der Waals surface area contributed by atoms with Crippen LogP contribution in [0.2, 0.25) is 0 Å². The molecule has 0 radical (unpaired) electrons. The molecule has 102 valence electrons. The second kappa shape index (κ2) is 5.38. The Morgan fingerprint density at radius 2 is 2.39 bits per heavy atom. The predicted octanol–water partition coefficient (Wildman–Crippen LogP) is 1.41. The summed E-state index contributed by atoms with van der Waals surface area (Å²) in [5, 5.41) is 4.57. The Morgan fingerprint density at radius 3 is 2.89 bits per heavy atom. The Bertz CT molecular complexity index is 382. The van der Waals surface area contributed by atoms with Crippen molar-refractivity contribution in [3.8, 4) is 0 Å². The lowest BCUT2D eigenvalue weighted by molar-refractivity contribution is -0.0117. The monoisotopic (exact) mass is 252 g/mol. The van der Waals surface area contributed by atoms with E-state index >= 15 is 0 Å². The Kier molecular flexibility index (Phi) is 4.04. The summed E-state index contributed by atoms with van der Waals surface area (Å²) in [5.41, 5.74) is 3.79. The van der Waals surface area contributed by atoms with Gasteiger partial charge in [0.15, 0.2) is 0 Å². The summed E-state index contributed by atoms with van der Waals surface area (Å²) in [6.45, 7) is 7.20. The zero-order chi connectivity index (χ0) is 13.2. The minimum absolute atomic E-state index is 0.107. The van der Waals surface area contributed by atoms with Gasteiger partial charge in [-0.25, -0.2) is 0 Å². The molecule has 5 nitrogen and oxygen atoms in total. The molecule has 0 aliphatic carbocycles. The van der Waals surface area contributed by atoms with Crippen LogP contribution in [0.1, 0.15) is 45.3 Å². The first-order valence-electron chi connectivity index (χ1n) is 6.69. The molecule has 2 heterocycles. The largest absolute Gasteiger partial charge is 0.374 e. The molecule has 1 fully saturated rings. The second-order valence-electron chi connectivity index (χ2n) is 5.57. The van der Waals surface area contributed by atoms with E-state index in [9.17, 15) is 0 Å². The Hall–Kier alpha value is -0.910. The highest BCUT2D eigenvalue weighted by atomic mass is 16.5. The van der Waals surface area contributed by atoms with Gasteiger partial charge in [0.2, 0.25) is 0 Å². The molecular formula is C13H24N4O. The first-order valence-corrected chi connectivity index (χ1v) is 6.69. The van der Waals surface area contributed by atoms with Crippen molar-refractivity contribution in [2.24, 2.45) is 5.84 Å². The smallest absolute Gasteiger partial charge is 0.0824 e. The van der Waals surface area contributed by atoms with E-state index in [4.69, 9.17) is 10.6 Å². The number of rotatable bonds is 5. The molecule has 18 heavy (non-hydrogen) atoms. The number of hydrogen-bond donors (Lipinski definition) is 2. The van der Waals surface area contributed by atoms with Crippen LogP contribution in [0.5, 0.6) is 0 Å². The van der Waals surface area contributed by atoms with Crippen LogP contribution < -0.4 is 11.3 Å². The van der Waals surface area contributed by atoms with Gasteiger partial charge in [0.1, 0.15) is 0 Å². The van der Waals surface area contributed by atoms with Gasteiger partial charge in [-0.1, -0.05) is 0 Å². The molecule has 0 bridgehead atoms. The number of nitrogens with zero attached hydrogens (tertiary/aromatic N) is 2. The molecular weight excluding hydrogens is 228 g/mol. The van der Waals surface area contributed by atoms with E-state index in [-0.39, 0.29) is 11.6 Å². The molecule has 0 amide bonds. The van der Waals surface area contributed by atoms with E-state index in [1.807, 2.05) is 10.9 Å². The number of hydrazine groups is 1. The van der Waals surface area contributed by atoms with Gasteiger partial charge < -0.3 is 4.74 Å². The van der Waals surface area contributed by atoms with Crippen molar-refractivity contribution >= 4 is 0 Å². The highest BCUT2D eigenvalue weighted by molar-refractivity contribution is 5.06. The fourth-order valence-electron chi connectivity index (χ4n) is 2.51. The summed E-state index contributed by atoms with van der Waals surface area (Å²) < 4.78 is 7.82. The van der Waals surface area contributed by atoms with E-state index in [2.05, 4.69) is 37.4 Å². The Labute approximate surface area is 109 Å². The number of hydrogen-bond acceptors (Lipinski definition) is 4. The van der Waals surface area contributed by atoms with E-state index in [1.165, 1.54) is 0 Å². The summed E-state index contributed by atoms with van der Waals surface area (Å²) in [4.78, 5) is 0. The van der Waals surface area contributed by atoms with Gasteiger partial charge in [-0.05, 0) is 39.7 Å². The Balaban J connectivity index is 2.05. The minimum atomic E-state index is -0.170. The zero-order valence-corrected chi connectivity index (χ0v) is 11.5. The van der Waals surface area contributed by atoms with Gasteiger partial charge in [-0.3, -0.25) is 16.0 Å². The molecule has 1 aromatic rings. The number of ether oxygens (including phenoxy) is 1. The average molecular weight is 252 g/mol. The fourth-order valence-corrected chi connectivity index (χ4v) is 2.51. The van der Waals surface area contributed by atoms with Crippen LogP contribution >= 0.6 is 0 Å². The maximum atomic E-state index is 5.84. The van der Waals surface area contributed by atoms with Crippen molar-refractivity contribution in [3.63, 3.8) is 0 Å². The van der Waals surface area contributed by atoms with Gasteiger partial charge in [0.05, 0.1) is 17.3 Å². The van der Waals surface area contributed by atoms with Crippen molar-refractivity contribution in [1.82, 2.24) is 15.2 Å². The van der Waals surface area contributed by atoms with E-state index in [0.717, 1.165) is 31.6 Å². The van der Waals surface area contributed by atoms with Crippen LogP contribution in [-0.4, -0.2) is 28.0 Å². The molecule has 0 aromatic carbocycles. The van der Waals surface area contributed by atoms with Gasteiger partial charge in [0.25, 0.3) is 0 Å². The highest BCUT2D eigenvalue weighted by Crippen LogP contribution is 2.29. The van der Waals surface area contributed by atoms with Gasteiger partial charge in [-0.15, -0.1) is 0 Å². The number of nitrogens with one attached hydrogen (secondary N) is 1. The topological polar surface area (TPSA) is 65.1 Å². The molecule has 2 unspecified atom stereocenters. The predicted molar refractivity (Wildman–Crippen MR) is 71.0 cm³/mol. The quantitative estimate of drug-likeness (QED) is 0.614. The van der Waals surface area contributed by atoms with Crippen LogP contribution in [0.3, 0.4) is 0 Å². The molecule has 1 aliphatic rings. The molecule has 0 saturated carbocycles. The second-order valence-corrected chi connectivity index (χ2v) is 5.57. The van der Waals surface area contributed by atoms with Gasteiger partial charge in [-0.2, -0.15) is 5.10 Å². The molecule has 0 spiro atoms. The van der Waals surface area contributed by atoms with Crippen LogP contribution in [0.4, 0.5) is 0 Å². The van der Waals surface area contributed by atoms with E-state index < -0.39 is 0 Å². The summed E-state index contributed by atoms with van der Waals surface area (Å²) in [5.74, 6) is 5.69. The van der Waals surface area contributed by atoms with Gasteiger partial charge in [0, 0.05) is 25.3 Å². The molecule has 1 aromatic heterocycles. The van der Waals surface area contributed by atoms with Crippen LogP contribution in [-0.2, 0) is 11.2 Å². The molecule has 3 N–H and O–H groups in total. The van der Waals surface area contributed by atoms with Crippen LogP contribution in [0.25, 0.3) is 0 Å². The van der Waals surface area contributed by atoms with E-state index in [1.54, 1.807) is 0 Å². The number of nitrogens with two attached hydrogens (primary N) is 1. The maximum absolute atomic E-state index is 5.84. The first kappa shape index (κ1) is 13.5. The molecule has 1 saturated heterocycles. The third-order valence-corrected chi connectivity index (χ3v) is 3.79. The highest BCUT2D eigenvalue weighted by Gasteiger charge is 2.38. The summed E-state index contributed by atoms with van der Waals surface area (Å²) in [6, 6.07) is 2.56. The third-order valence-electron chi connectivity index (χ3n) is 3.79. The van der Waals surface area contributed by atoms with Crippen molar-refractivity contribution in [1.29, 1.82) is 0 Å². The molecule has 2 atom stereocenters. The SMILES string of the molecule is CC(C)n1ccc(CC(NN)C2(C)CCCO2)n1. The molecule has 1 aliphatic heterocycles. The lowest BCUT2D eigenvalue weighted by atomic mass is 9.90. The number of aromatic nitrogens is 2. The minimum Gasteiger partial charge on any atom is -0.374 e. The van der Waals surface area contributed by atoms with Gasteiger partial charge >= 0.3 is 0 Å². The normalized spacial score (nSPS) is 25.8. The lowest BCUT2D eigenvalue weighted by Crippen LogP contribution is -2.52. The van der Waals surface area contributed by atoms with Crippen LogP contribution in [0.15, 0.2) is 12.3 Å². The first-order chi connectivity index (χ1) is 8.55. The van der Waals surface area contributed by atoms with Crippen molar-refractivity contribution in [3.05, 3.63) is 18.0 Å². The summed E-state index contributed by atoms with van der Waals surface area (Å²) >= 11 is 0. The molecule has 5 heteroatoms. The van der Waals surface area contributed by atoms with Crippen molar-refractivity contribution in [2.45, 2.75) is 57.7 Å². The molecule has 2 rings (SSSR count).